The molecule has 0 heterocycles. The summed E-state index contributed by atoms with van der Waals surface area (Å²) in [5.74, 6) is -2.03. The van der Waals surface area contributed by atoms with Crippen LogP contribution < -0.4 is 16.4 Å². The number of hydrogen-bond donors (Lipinski definition) is 6. The number of nitrogens with two attached hydrogens (primary N) is 1. The third kappa shape index (κ3) is 6.13. The molecule has 3 aromatic carbocycles. The Morgan fingerprint density at radius 2 is 1.50 bits per heavy atom. The van der Waals surface area contributed by atoms with Gasteiger partial charge in [0.1, 0.15) is 5.84 Å². The second kappa shape index (κ2) is 11.3. The Hall–Kier alpha value is -4.50. The Morgan fingerprint density at radius 3 is 2.08 bits per heavy atom. The summed E-state index contributed by atoms with van der Waals surface area (Å²) < 4.78 is 0. The molecule has 0 atom stereocenters. The number of anilines is 1. The number of nitrogens with one attached hydrogen (secondary N) is 3. The van der Waals surface area contributed by atoms with Crippen LogP contribution in [0, 0.1) is 11.3 Å². The highest BCUT2D eigenvalue weighted by atomic mass is 16.4. The molecule has 3 aromatic rings. The van der Waals surface area contributed by atoms with Crippen molar-refractivity contribution >= 4 is 29.3 Å². The molecule has 0 fully saturated rings. The van der Waals surface area contributed by atoms with Gasteiger partial charge in [0.15, 0.2) is 0 Å². The third-order valence-electron chi connectivity index (χ3n) is 5.44. The van der Waals surface area contributed by atoms with Crippen molar-refractivity contribution in [2.75, 3.05) is 11.9 Å². The second-order valence-electron chi connectivity index (χ2n) is 8.65. The van der Waals surface area contributed by atoms with E-state index in [2.05, 4.69) is 10.6 Å². The highest BCUT2D eigenvalue weighted by molar-refractivity contribution is 6.11. The van der Waals surface area contributed by atoms with E-state index in [9.17, 15) is 24.6 Å². The largest absolute Gasteiger partial charge is 0.478 e. The van der Waals surface area contributed by atoms with Crippen LogP contribution in [0.3, 0.4) is 0 Å². The van der Waals surface area contributed by atoms with Gasteiger partial charge in [-0.3, -0.25) is 15.0 Å². The van der Waals surface area contributed by atoms with Crippen molar-refractivity contribution in [2.24, 2.45) is 11.7 Å². The van der Waals surface area contributed by atoms with Gasteiger partial charge >= 0.3 is 5.97 Å². The smallest absolute Gasteiger partial charge is 0.336 e. The molecule has 9 heteroatoms. The van der Waals surface area contributed by atoms with Gasteiger partial charge in [0.05, 0.1) is 12.2 Å². The van der Waals surface area contributed by atoms with Gasteiger partial charge in [-0.1, -0.05) is 32.0 Å². The minimum atomic E-state index is -1.25. The van der Waals surface area contributed by atoms with Gasteiger partial charge in [0.25, 0.3) is 11.8 Å². The molecule has 0 radical (unpaired) electrons. The number of benzene rings is 3. The fourth-order valence-corrected chi connectivity index (χ4v) is 3.54. The standard InChI is InChI=1S/C27H28N4O5/c1-15(2)13-30-25(33)18-6-10-21(23(12-18)27(35)36)20-9-3-16(14-32)11-22(20)26(34)31-19-7-4-17(5-8-19)24(28)29/h3-12,15,32H,13-14H2,1-2H3,(H3,28,29)(H,30,33)(H,31,34)(H,35,36). The van der Waals surface area contributed by atoms with Gasteiger partial charge in [0, 0.05) is 28.9 Å². The number of rotatable bonds is 9. The maximum Gasteiger partial charge on any atom is 0.336 e. The summed E-state index contributed by atoms with van der Waals surface area (Å²) in [5.41, 5.74) is 7.68. The van der Waals surface area contributed by atoms with Crippen molar-refractivity contribution in [3.63, 3.8) is 0 Å². The minimum Gasteiger partial charge on any atom is -0.478 e. The van der Waals surface area contributed by atoms with Crippen LogP contribution in [0.5, 0.6) is 0 Å². The van der Waals surface area contributed by atoms with Gasteiger partial charge in [-0.05, 0) is 65.1 Å². The number of hydrogen-bond acceptors (Lipinski definition) is 5. The van der Waals surface area contributed by atoms with Crippen LogP contribution in [0.2, 0.25) is 0 Å². The number of carboxylic acids is 1. The topological polar surface area (TPSA) is 166 Å². The molecular weight excluding hydrogens is 460 g/mol. The highest BCUT2D eigenvalue weighted by Crippen LogP contribution is 2.30. The number of aliphatic hydroxyl groups excluding tert-OH is 1. The Kier molecular flexibility index (Phi) is 8.18. The first-order valence-electron chi connectivity index (χ1n) is 11.3. The van der Waals surface area contributed by atoms with E-state index in [1.807, 2.05) is 13.8 Å². The molecule has 0 saturated heterocycles. The maximum absolute atomic E-state index is 13.2. The Morgan fingerprint density at radius 1 is 0.889 bits per heavy atom. The van der Waals surface area contributed by atoms with E-state index < -0.39 is 11.9 Å². The molecule has 0 bridgehead atoms. The van der Waals surface area contributed by atoms with Crippen LogP contribution >= 0.6 is 0 Å². The van der Waals surface area contributed by atoms with Crippen molar-refractivity contribution in [1.29, 1.82) is 5.41 Å². The zero-order chi connectivity index (χ0) is 26.4. The number of carbonyl (C=O) groups excluding carboxylic acids is 2. The summed E-state index contributed by atoms with van der Waals surface area (Å²) in [5, 5.41) is 32.5. The van der Waals surface area contributed by atoms with Crippen molar-refractivity contribution in [3.05, 3.63) is 88.5 Å². The average molecular weight is 489 g/mol. The summed E-state index contributed by atoms with van der Waals surface area (Å²) in [4.78, 5) is 37.8. The Labute approximate surface area is 208 Å². The fraction of sp³-hybridized carbons (Fsp3) is 0.185. The van der Waals surface area contributed by atoms with Crippen LogP contribution in [0.1, 0.15) is 56.0 Å². The molecule has 7 N–H and O–H groups in total. The monoisotopic (exact) mass is 488 g/mol. The van der Waals surface area contributed by atoms with E-state index in [1.165, 1.54) is 24.3 Å². The van der Waals surface area contributed by atoms with Crippen molar-refractivity contribution in [1.82, 2.24) is 5.32 Å². The van der Waals surface area contributed by atoms with Crippen LogP contribution in [0.15, 0.2) is 60.7 Å². The molecule has 0 spiro atoms. The van der Waals surface area contributed by atoms with E-state index in [1.54, 1.807) is 36.4 Å². The lowest BCUT2D eigenvalue weighted by Crippen LogP contribution is -2.27. The van der Waals surface area contributed by atoms with Crippen LogP contribution in [0.25, 0.3) is 11.1 Å². The summed E-state index contributed by atoms with van der Waals surface area (Å²) in [6.07, 6.45) is 0. The molecule has 0 saturated carbocycles. The van der Waals surface area contributed by atoms with Gasteiger partial charge in [-0.15, -0.1) is 0 Å². The molecule has 2 amide bonds. The lowest BCUT2D eigenvalue weighted by Gasteiger charge is -2.15. The number of amidine groups is 1. The number of carboxylic acid groups (broad SMARTS) is 1. The molecule has 0 unspecified atom stereocenters. The summed E-state index contributed by atoms with van der Waals surface area (Å²) in [6, 6.07) is 15.3. The minimum absolute atomic E-state index is 0.103. The van der Waals surface area contributed by atoms with Gasteiger partial charge in [-0.2, -0.15) is 0 Å². The van der Waals surface area contributed by atoms with Crippen LogP contribution in [0.4, 0.5) is 5.69 Å². The quantitative estimate of drug-likeness (QED) is 0.199. The Balaban J connectivity index is 2.02. The molecule has 36 heavy (non-hydrogen) atoms. The van der Waals surface area contributed by atoms with E-state index in [0.717, 1.165) is 0 Å². The van der Waals surface area contributed by atoms with E-state index in [-0.39, 0.29) is 46.5 Å². The molecule has 0 aromatic heterocycles. The fourth-order valence-electron chi connectivity index (χ4n) is 3.54. The second-order valence-corrected chi connectivity index (χ2v) is 8.65. The van der Waals surface area contributed by atoms with E-state index >= 15 is 0 Å². The van der Waals surface area contributed by atoms with Crippen molar-refractivity contribution in [2.45, 2.75) is 20.5 Å². The van der Waals surface area contributed by atoms with Crippen molar-refractivity contribution < 1.29 is 24.6 Å². The van der Waals surface area contributed by atoms with Crippen molar-refractivity contribution in [3.8, 4) is 11.1 Å². The lowest BCUT2D eigenvalue weighted by molar-refractivity contribution is 0.0697. The first kappa shape index (κ1) is 26.1. The average Bonchev–Trinajstić information content (AvgIpc) is 2.86. The van der Waals surface area contributed by atoms with E-state index in [0.29, 0.717) is 28.9 Å². The normalized spacial score (nSPS) is 10.7. The molecule has 186 valence electrons. The first-order chi connectivity index (χ1) is 17.1. The number of aliphatic hydroxyl groups is 1. The maximum atomic E-state index is 13.2. The zero-order valence-corrected chi connectivity index (χ0v) is 20.0. The third-order valence-corrected chi connectivity index (χ3v) is 5.44. The van der Waals surface area contributed by atoms with E-state index in [4.69, 9.17) is 11.1 Å². The summed E-state index contributed by atoms with van der Waals surface area (Å²) in [6.45, 7) is 4.04. The van der Waals surface area contributed by atoms with Crippen LogP contribution in [-0.4, -0.2) is 40.4 Å². The predicted octanol–water partition coefficient (Wildman–Crippen LogP) is 3.47. The SMILES string of the molecule is CC(C)CNC(=O)c1ccc(-c2ccc(CO)cc2C(=O)Nc2ccc(C(=N)N)cc2)c(C(=O)O)c1. The van der Waals surface area contributed by atoms with Gasteiger partial charge < -0.3 is 26.6 Å². The molecule has 0 aliphatic rings. The first-order valence-corrected chi connectivity index (χ1v) is 11.3. The molecular formula is C27H28N4O5. The van der Waals surface area contributed by atoms with Crippen LogP contribution in [-0.2, 0) is 6.61 Å². The number of amides is 2. The highest BCUT2D eigenvalue weighted by Gasteiger charge is 2.21. The molecule has 9 nitrogen and oxygen atoms in total. The number of carbonyl (C=O) groups is 3. The van der Waals surface area contributed by atoms with Gasteiger partial charge in [0.2, 0.25) is 0 Å². The predicted molar refractivity (Wildman–Crippen MR) is 137 cm³/mol. The molecule has 3 rings (SSSR count). The lowest BCUT2D eigenvalue weighted by atomic mass is 9.92. The van der Waals surface area contributed by atoms with Gasteiger partial charge in [-0.25, -0.2) is 4.79 Å². The number of aromatic carboxylic acids is 1. The summed E-state index contributed by atoms with van der Waals surface area (Å²) in [7, 11) is 0. The number of nitrogen functional groups attached to an aromatic ring is 1. The zero-order valence-electron chi connectivity index (χ0n) is 20.0. The molecule has 0 aliphatic heterocycles. The summed E-state index contributed by atoms with van der Waals surface area (Å²) >= 11 is 0. The Bertz CT molecular complexity index is 1320. The molecule has 0 aliphatic carbocycles.